The molecule has 0 amide bonds. The summed E-state index contributed by atoms with van der Waals surface area (Å²) in [7, 11) is 3.20. The van der Waals surface area contributed by atoms with Gasteiger partial charge in [-0.25, -0.2) is 9.37 Å². The van der Waals surface area contributed by atoms with E-state index in [9.17, 15) is 25.2 Å². The summed E-state index contributed by atoms with van der Waals surface area (Å²) in [5.74, 6) is 2.73. The molecule has 3 heterocycles. The van der Waals surface area contributed by atoms with Crippen LogP contribution < -0.4 is 44.1 Å². The van der Waals surface area contributed by atoms with Crippen LogP contribution in [-0.4, -0.2) is 97.6 Å². The normalized spacial score (nSPS) is 13.7. The van der Waals surface area contributed by atoms with E-state index in [4.69, 9.17) is 18.9 Å². The van der Waals surface area contributed by atoms with E-state index >= 15 is 0 Å². The van der Waals surface area contributed by atoms with Crippen LogP contribution in [0.15, 0.2) is 223 Å². The van der Waals surface area contributed by atoms with Gasteiger partial charge in [0.2, 0.25) is 5.36 Å². The van der Waals surface area contributed by atoms with Crippen LogP contribution in [0, 0.1) is 0 Å². The number of azo groups is 4. The first-order valence-corrected chi connectivity index (χ1v) is 36.4. The van der Waals surface area contributed by atoms with E-state index in [1.165, 1.54) is 45.5 Å². The van der Waals surface area contributed by atoms with Gasteiger partial charge in [0.15, 0.2) is 5.54 Å². The van der Waals surface area contributed by atoms with Crippen LogP contribution in [0.3, 0.4) is 0 Å². The molecule has 108 heavy (non-hydrogen) atoms. The van der Waals surface area contributed by atoms with E-state index < -0.39 is 0 Å². The maximum absolute atomic E-state index is 13.6. The molecule has 0 spiro atoms. The Bertz CT molecular complexity index is 4870. The number of carbonyl (C=O) groups excluding carboxylic acids is 1. The summed E-state index contributed by atoms with van der Waals surface area (Å²) in [4.78, 5) is 20.3. The molecule has 0 aliphatic carbocycles. The number of anilines is 3. The van der Waals surface area contributed by atoms with Gasteiger partial charge in [0.05, 0.1) is 60.7 Å². The monoisotopic (exact) mass is 1500 g/mol. The van der Waals surface area contributed by atoms with Crippen molar-refractivity contribution >= 4 is 85.2 Å². The molecule has 9 aromatic rings. The molecule has 1 radical (unpaired) electrons. The number of fused-ring (bicyclic) bond motifs is 4. The Morgan fingerprint density at radius 1 is 0.500 bits per heavy atom. The molecule has 0 atom stereocenters. The molecule has 0 fully saturated rings. The molecule has 0 aromatic heterocycles. The van der Waals surface area contributed by atoms with E-state index in [1.54, 1.807) is 111 Å². The number of methoxy groups -OCH3 is 2. The zero-order chi connectivity index (χ0) is 76.7. The number of carbonyl (C=O) groups is 1. The molecule has 22 heteroatoms. The third-order valence-corrected chi connectivity index (χ3v) is 19.0. The SMILES string of the molecule is CCCCOC(=O)c1ccccc1C1=c2cc3c(cc2Oc2cc4c(cc21)C(C)=CC(C)(C)N4CC)=[N+](CC)C(C)(C)C=C3C.CCN(CC)c1ccc(N=Nc2cc(N=Nc3ccc(OC)cc3)ccc2O)c(O)c1.CCN(CC)c1ccc(N=Nc2cc(N=Nc3ccc(OC)cc3)ccc2O)c(O)c1.[Co]. The second-order valence-electron chi connectivity index (χ2n) is 26.9. The summed E-state index contributed by atoms with van der Waals surface area (Å²) < 4.78 is 25.4. The van der Waals surface area contributed by atoms with Crippen LogP contribution in [0.25, 0.3) is 16.7 Å². The number of esters is 1. The van der Waals surface area contributed by atoms with E-state index in [-0.39, 0.29) is 68.2 Å². The second kappa shape index (κ2) is 36.2. The molecule has 3 aliphatic rings. The predicted molar refractivity (Wildman–Crippen MR) is 428 cm³/mol. The first kappa shape index (κ1) is 80.6. The van der Waals surface area contributed by atoms with Crippen molar-refractivity contribution in [3.63, 3.8) is 0 Å². The van der Waals surface area contributed by atoms with Crippen LogP contribution in [0.2, 0.25) is 0 Å². The molecule has 12 rings (SSSR count). The Morgan fingerprint density at radius 3 is 1.47 bits per heavy atom. The quantitative estimate of drug-likeness (QED) is 0.0202. The number of phenols is 4. The topological polar surface area (TPSA) is 247 Å². The molecular formula is C86H97CoN12O9+. The van der Waals surface area contributed by atoms with Gasteiger partial charge in [-0.3, -0.25) is 0 Å². The molecule has 9 aromatic carbocycles. The molecular weight excluding hydrogens is 1400 g/mol. The number of benzene rings is 9. The van der Waals surface area contributed by atoms with Crippen molar-refractivity contribution < 1.29 is 60.9 Å². The Morgan fingerprint density at radius 2 is 0.991 bits per heavy atom. The van der Waals surface area contributed by atoms with Crippen molar-refractivity contribution in [2.45, 2.75) is 114 Å². The van der Waals surface area contributed by atoms with Crippen molar-refractivity contribution in [2.75, 3.05) is 74.8 Å². The fraction of sp³-hybridized carbons (Fsp3) is 0.302. The summed E-state index contributed by atoms with van der Waals surface area (Å²) in [6.07, 6.45) is 6.52. The van der Waals surface area contributed by atoms with Crippen molar-refractivity contribution in [2.24, 2.45) is 40.9 Å². The van der Waals surface area contributed by atoms with Gasteiger partial charge >= 0.3 is 5.97 Å². The van der Waals surface area contributed by atoms with E-state index in [2.05, 4.69) is 193 Å². The molecule has 563 valence electrons. The Kier molecular flexibility index (Phi) is 27.0. The fourth-order valence-electron chi connectivity index (χ4n) is 13.6. The minimum absolute atomic E-state index is 0. The van der Waals surface area contributed by atoms with Gasteiger partial charge in [0, 0.05) is 126 Å². The van der Waals surface area contributed by atoms with E-state index in [0.29, 0.717) is 46.3 Å². The van der Waals surface area contributed by atoms with Crippen LogP contribution in [0.5, 0.6) is 46.0 Å². The Labute approximate surface area is 643 Å². The van der Waals surface area contributed by atoms with Gasteiger partial charge in [-0.1, -0.05) is 37.6 Å². The number of hydrogen-bond acceptors (Lipinski definition) is 20. The number of likely N-dealkylation sites (N-methyl/N-ethyl adjacent to an activating group) is 2. The third-order valence-electron chi connectivity index (χ3n) is 19.0. The minimum atomic E-state index is -0.290. The Hall–Kier alpha value is -11.5. The largest absolute Gasteiger partial charge is 0.506 e. The van der Waals surface area contributed by atoms with Gasteiger partial charge in [-0.2, -0.15) is 20.5 Å². The first-order valence-electron chi connectivity index (χ1n) is 36.4. The number of allylic oxidation sites excluding steroid dienone is 2. The van der Waals surface area contributed by atoms with Crippen molar-refractivity contribution in [3.05, 3.63) is 220 Å². The average Bonchev–Trinajstić information content (AvgIpc) is 0.718. The van der Waals surface area contributed by atoms with Crippen molar-refractivity contribution in [3.8, 4) is 46.0 Å². The molecule has 0 unspecified atom stereocenters. The second-order valence-corrected chi connectivity index (χ2v) is 26.9. The van der Waals surface area contributed by atoms with Crippen LogP contribution >= 0.6 is 0 Å². The number of rotatable bonds is 23. The molecule has 0 bridgehead atoms. The smallest absolute Gasteiger partial charge is 0.338 e. The zero-order valence-electron chi connectivity index (χ0n) is 64.2. The van der Waals surface area contributed by atoms with Crippen molar-refractivity contribution in [1.29, 1.82) is 0 Å². The first-order chi connectivity index (χ1) is 51.5. The third kappa shape index (κ3) is 18.6. The maximum Gasteiger partial charge on any atom is 0.338 e. The number of phenolic OH excluding ortho intramolecular Hbond substituents is 4. The van der Waals surface area contributed by atoms with Gasteiger partial charge in [0.25, 0.3) is 0 Å². The van der Waals surface area contributed by atoms with Gasteiger partial charge in [-0.15, -0.1) is 20.5 Å². The Balaban J connectivity index is 0.000000191. The molecule has 21 nitrogen and oxygen atoms in total. The summed E-state index contributed by atoms with van der Waals surface area (Å²) in [5, 5.41) is 75.9. The number of unbranched alkanes of at least 4 members (excludes halogenated alkanes) is 1. The van der Waals surface area contributed by atoms with Gasteiger partial charge in [-0.05, 0) is 226 Å². The number of hydrogen-bond donors (Lipinski definition) is 4. The molecule has 4 N–H and O–H groups in total. The molecule has 0 saturated heterocycles. The number of ether oxygens (including phenoxy) is 4. The number of aromatic hydroxyl groups is 4. The number of nitrogens with zero attached hydrogens (tertiary/aromatic N) is 12. The van der Waals surface area contributed by atoms with E-state index in [1.807, 2.05) is 30.3 Å². The zero-order valence-corrected chi connectivity index (χ0v) is 65.3. The average molecular weight is 1500 g/mol. The van der Waals surface area contributed by atoms with Crippen LogP contribution in [0.4, 0.5) is 62.6 Å². The predicted octanol–water partition coefficient (Wildman–Crippen LogP) is 21.3. The van der Waals surface area contributed by atoms with Crippen molar-refractivity contribution in [1.82, 2.24) is 4.58 Å². The van der Waals surface area contributed by atoms with Gasteiger partial charge < -0.3 is 54.1 Å². The van der Waals surface area contributed by atoms with Crippen LogP contribution in [-0.2, 0) is 21.5 Å². The van der Waals surface area contributed by atoms with E-state index in [0.717, 1.165) is 108 Å². The maximum atomic E-state index is 13.6. The fourth-order valence-corrected chi connectivity index (χ4v) is 13.6. The molecule has 3 aliphatic heterocycles. The molecule has 0 saturated carbocycles. The summed E-state index contributed by atoms with van der Waals surface area (Å²) in [5.41, 5.74) is 14.4. The van der Waals surface area contributed by atoms with Gasteiger partial charge in [0.1, 0.15) is 75.3 Å². The minimum Gasteiger partial charge on any atom is -0.506 e. The standard InChI is InChI=1S/C40H47N2O3.2C23H25N5O3.Co/c1-10-13-18-44-38(43)28-17-15-14-16-27(28)37-31-19-29-25(4)23-39(6,7)41(11-2)33(29)21-35(31)45-36-22-34-30(20-32(36)37)26(5)24-40(8,9)42(34)12-3;2*1-4-28(5-2)18-9-12-20(23(30)15-18)26-27-21-14-17(8-13-22(21)29)25-24-16-6-10-19(31-3)11-7-16;/h14-17,19-24H,10-13,18H2,1-9H3;2*6-15,29-30H,4-5H2,1-3H3;/q+1;;;. The summed E-state index contributed by atoms with van der Waals surface area (Å²) in [6.45, 7) is 33.7. The summed E-state index contributed by atoms with van der Waals surface area (Å²) in [6, 6.07) is 50.9. The summed E-state index contributed by atoms with van der Waals surface area (Å²) >= 11 is 0. The van der Waals surface area contributed by atoms with Crippen LogP contribution in [0.1, 0.15) is 135 Å².